The Balaban J connectivity index is 2.00. The second-order valence-electron chi connectivity index (χ2n) is 6.03. The van der Waals surface area contributed by atoms with Gasteiger partial charge in [-0.1, -0.05) is 24.0 Å². The summed E-state index contributed by atoms with van der Waals surface area (Å²) in [5, 5.41) is 8.77. The van der Waals surface area contributed by atoms with Crippen molar-refractivity contribution >= 4 is 0 Å². The van der Waals surface area contributed by atoms with E-state index in [-0.39, 0.29) is 6.61 Å². The molecule has 1 N–H and O–H groups in total. The van der Waals surface area contributed by atoms with E-state index >= 15 is 0 Å². The SMILES string of the molecule is CC1CN(Cc2cccc(C#CCCO)c2)CC(C)N1C. The van der Waals surface area contributed by atoms with E-state index in [0.29, 0.717) is 18.5 Å². The Hall–Kier alpha value is -1.34. The molecule has 1 aliphatic heterocycles. The van der Waals surface area contributed by atoms with E-state index in [4.69, 9.17) is 5.11 Å². The fraction of sp³-hybridized carbons (Fsp3) is 0.556. The van der Waals surface area contributed by atoms with Gasteiger partial charge in [0.2, 0.25) is 0 Å². The molecule has 3 heteroatoms. The molecule has 1 saturated heterocycles. The van der Waals surface area contributed by atoms with Crippen molar-refractivity contribution in [2.24, 2.45) is 0 Å². The van der Waals surface area contributed by atoms with Crippen LogP contribution in [0.4, 0.5) is 0 Å². The number of aliphatic hydroxyl groups excluding tert-OH is 1. The van der Waals surface area contributed by atoms with Crippen LogP contribution >= 0.6 is 0 Å². The highest BCUT2D eigenvalue weighted by Crippen LogP contribution is 2.16. The van der Waals surface area contributed by atoms with E-state index in [1.54, 1.807) is 0 Å². The summed E-state index contributed by atoms with van der Waals surface area (Å²) in [6.45, 7) is 7.92. The Bertz CT molecular complexity index is 505. The van der Waals surface area contributed by atoms with E-state index < -0.39 is 0 Å². The lowest BCUT2D eigenvalue weighted by Gasteiger charge is -2.42. The number of aliphatic hydroxyl groups is 1. The van der Waals surface area contributed by atoms with Crippen LogP contribution in [0.3, 0.4) is 0 Å². The third-order valence-corrected chi connectivity index (χ3v) is 4.24. The first-order chi connectivity index (χ1) is 10.1. The van der Waals surface area contributed by atoms with Crippen molar-refractivity contribution in [3.05, 3.63) is 35.4 Å². The van der Waals surface area contributed by atoms with Crippen LogP contribution in [0.2, 0.25) is 0 Å². The van der Waals surface area contributed by atoms with Crippen LogP contribution in [0.15, 0.2) is 24.3 Å². The van der Waals surface area contributed by atoms with Crippen molar-refractivity contribution in [2.45, 2.75) is 38.9 Å². The number of piperazine rings is 1. The van der Waals surface area contributed by atoms with Crippen LogP contribution < -0.4 is 0 Å². The smallest absolute Gasteiger partial charge is 0.0540 e. The summed E-state index contributed by atoms with van der Waals surface area (Å²) in [5.74, 6) is 6.09. The molecule has 0 aliphatic carbocycles. The molecule has 1 aliphatic rings. The van der Waals surface area contributed by atoms with Crippen LogP contribution in [0, 0.1) is 11.8 Å². The average molecular weight is 286 g/mol. The lowest BCUT2D eigenvalue weighted by Crippen LogP contribution is -2.54. The van der Waals surface area contributed by atoms with Gasteiger partial charge in [0.05, 0.1) is 6.61 Å². The molecule has 2 rings (SSSR count). The fourth-order valence-corrected chi connectivity index (χ4v) is 2.87. The number of hydrogen-bond donors (Lipinski definition) is 1. The number of rotatable bonds is 3. The molecule has 1 heterocycles. The molecule has 3 nitrogen and oxygen atoms in total. The zero-order valence-electron chi connectivity index (χ0n) is 13.3. The summed E-state index contributed by atoms with van der Waals surface area (Å²) in [5.41, 5.74) is 2.35. The van der Waals surface area contributed by atoms with E-state index in [1.165, 1.54) is 5.56 Å². The monoisotopic (exact) mass is 286 g/mol. The van der Waals surface area contributed by atoms with Gasteiger partial charge >= 0.3 is 0 Å². The minimum absolute atomic E-state index is 0.129. The van der Waals surface area contributed by atoms with Crippen molar-refractivity contribution in [2.75, 3.05) is 26.7 Å². The lowest BCUT2D eigenvalue weighted by atomic mass is 10.1. The molecule has 0 bridgehead atoms. The lowest BCUT2D eigenvalue weighted by molar-refractivity contribution is 0.0556. The quantitative estimate of drug-likeness (QED) is 0.860. The molecular formula is C18H26N2O. The average Bonchev–Trinajstić information content (AvgIpc) is 2.45. The number of benzene rings is 1. The molecule has 0 spiro atoms. The van der Waals surface area contributed by atoms with Crippen LogP contribution in [0.25, 0.3) is 0 Å². The van der Waals surface area contributed by atoms with E-state index in [0.717, 1.165) is 25.2 Å². The van der Waals surface area contributed by atoms with Crippen molar-refractivity contribution in [1.29, 1.82) is 0 Å². The summed E-state index contributed by atoms with van der Waals surface area (Å²) < 4.78 is 0. The maximum atomic E-state index is 8.77. The first-order valence-electron chi connectivity index (χ1n) is 7.73. The first-order valence-corrected chi connectivity index (χ1v) is 7.73. The molecule has 0 aromatic heterocycles. The molecule has 0 saturated carbocycles. The standard InChI is InChI=1S/C18H26N2O/c1-15-12-20(13-16(2)19(15)3)14-18-9-6-8-17(11-18)7-4-5-10-21/h6,8-9,11,15-16,21H,5,10,12-14H2,1-3H3. The van der Waals surface area contributed by atoms with Crippen molar-refractivity contribution < 1.29 is 5.11 Å². The molecule has 0 amide bonds. The second kappa shape index (κ2) is 7.61. The topological polar surface area (TPSA) is 26.7 Å². The Labute approximate surface area is 128 Å². The van der Waals surface area contributed by atoms with Crippen molar-refractivity contribution in [3.63, 3.8) is 0 Å². The Morgan fingerprint density at radius 1 is 1.24 bits per heavy atom. The van der Waals surface area contributed by atoms with Crippen molar-refractivity contribution in [1.82, 2.24) is 9.80 Å². The predicted octanol–water partition coefficient (Wildman–Crippen LogP) is 1.94. The Morgan fingerprint density at radius 3 is 2.62 bits per heavy atom. The van der Waals surface area contributed by atoms with Gasteiger partial charge in [-0.15, -0.1) is 0 Å². The van der Waals surface area contributed by atoms with Crippen LogP contribution in [0.1, 0.15) is 31.4 Å². The molecule has 1 aromatic carbocycles. The molecule has 114 valence electrons. The molecule has 21 heavy (non-hydrogen) atoms. The summed E-state index contributed by atoms with van der Waals surface area (Å²) in [4.78, 5) is 4.98. The largest absolute Gasteiger partial charge is 0.395 e. The van der Waals surface area contributed by atoms with Gasteiger partial charge in [-0.25, -0.2) is 0 Å². The molecule has 2 unspecified atom stereocenters. The van der Waals surface area contributed by atoms with Gasteiger partial charge in [0.15, 0.2) is 0 Å². The third kappa shape index (κ3) is 4.57. The normalized spacial score (nSPS) is 23.6. The zero-order chi connectivity index (χ0) is 15.2. The summed E-state index contributed by atoms with van der Waals surface area (Å²) >= 11 is 0. The van der Waals surface area contributed by atoms with Crippen LogP contribution in [-0.2, 0) is 6.54 Å². The van der Waals surface area contributed by atoms with Gasteiger partial charge in [-0.2, -0.15) is 0 Å². The minimum atomic E-state index is 0.129. The second-order valence-corrected chi connectivity index (χ2v) is 6.03. The number of nitrogens with zero attached hydrogens (tertiary/aromatic N) is 2. The van der Waals surface area contributed by atoms with Crippen molar-refractivity contribution in [3.8, 4) is 11.8 Å². The van der Waals surface area contributed by atoms with E-state index in [1.807, 2.05) is 6.07 Å². The molecule has 1 aromatic rings. The summed E-state index contributed by atoms with van der Waals surface area (Å²) in [6, 6.07) is 9.63. The van der Waals surface area contributed by atoms with Gasteiger partial charge in [0.25, 0.3) is 0 Å². The maximum Gasteiger partial charge on any atom is 0.0540 e. The Morgan fingerprint density at radius 2 is 1.95 bits per heavy atom. The third-order valence-electron chi connectivity index (χ3n) is 4.24. The minimum Gasteiger partial charge on any atom is -0.395 e. The molecule has 0 radical (unpaired) electrons. The van der Waals surface area contributed by atoms with Crippen LogP contribution in [-0.4, -0.2) is 53.7 Å². The van der Waals surface area contributed by atoms with Gasteiger partial charge in [0.1, 0.15) is 0 Å². The van der Waals surface area contributed by atoms with Gasteiger partial charge in [-0.05, 0) is 38.6 Å². The van der Waals surface area contributed by atoms with E-state index in [2.05, 4.69) is 60.7 Å². The highest BCUT2D eigenvalue weighted by molar-refractivity contribution is 5.37. The highest BCUT2D eigenvalue weighted by Gasteiger charge is 2.26. The van der Waals surface area contributed by atoms with Gasteiger partial charge < -0.3 is 5.11 Å². The number of likely N-dealkylation sites (N-methyl/N-ethyl adjacent to an activating group) is 1. The number of hydrogen-bond acceptors (Lipinski definition) is 3. The molecule has 1 fully saturated rings. The van der Waals surface area contributed by atoms with E-state index in [9.17, 15) is 0 Å². The first kappa shape index (κ1) is 16.0. The Kier molecular flexibility index (Phi) is 5.81. The predicted molar refractivity (Wildman–Crippen MR) is 87.0 cm³/mol. The summed E-state index contributed by atoms with van der Waals surface area (Å²) in [7, 11) is 2.21. The molecule has 2 atom stereocenters. The summed E-state index contributed by atoms with van der Waals surface area (Å²) in [6.07, 6.45) is 0.539. The fourth-order valence-electron chi connectivity index (χ4n) is 2.87. The molecular weight excluding hydrogens is 260 g/mol. The highest BCUT2D eigenvalue weighted by atomic mass is 16.2. The zero-order valence-corrected chi connectivity index (χ0v) is 13.3. The van der Waals surface area contributed by atoms with Crippen LogP contribution in [0.5, 0.6) is 0 Å². The van der Waals surface area contributed by atoms with Gasteiger partial charge in [0, 0.05) is 43.7 Å². The maximum absolute atomic E-state index is 8.77. The van der Waals surface area contributed by atoms with Gasteiger partial charge in [-0.3, -0.25) is 9.80 Å².